The van der Waals surface area contributed by atoms with Gasteiger partial charge in [0.05, 0.1) is 20.5 Å². The summed E-state index contributed by atoms with van der Waals surface area (Å²) in [7, 11) is 0.0427. The molecule has 0 aromatic heterocycles. The van der Waals surface area contributed by atoms with Gasteiger partial charge in [0.25, 0.3) is 0 Å². The Balaban J connectivity index is 2.54. The predicted octanol–water partition coefficient (Wildman–Crippen LogP) is 1.74. The molecule has 0 bridgehead atoms. The van der Waals surface area contributed by atoms with Gasteiger partial charge in [-0.3, -0.25) is 0 Å². The number of hydrogen-bond acceptors (Lipinski definition) is 1. The minimum Gasteiger partial charge on any atom is 0.0101 e. The molecule has 0 amide bonds. The van der Waals surface area contributed by atoms with Crippen molar-refractivity contribution in [1.29, 1.82) is 0 Å². The van der Waals surface area contributed by atoms with Gasteiger partial charge in [0.1, 0.15) is 0 Å². The summed E-state index contributed by atoms with van der Waals surface area (Å²) < 4.78 is 0. The van der Waals surface area contributed by atoms with Gasteiger partial charge >= 0.3 is 0 Å². The third-order valence-electron chi connectivity index (χ3n) is 0.408. The van der Waals surface area contributed by atoms with Gasteiger partial charge in [0.15, 0.2) is 0 Å². The molecule has 0 unspecified atom stereocenters. The lowest BCUT2D eigenvalue weighted by Gasteiger charge is -1.81. The Kier molecular flexibility index (Phi) is 3.46. The lowest BCUT2D eigenvalue weighted by atomic mass is 11.9. The van der Waals surface area contributed by atoms with Crippen molar-refractivity contribution in [2.75, 3.05) is 19.6 Å². The maximum atomic E-state index is 2.29. The molecule has 0 aliphatic heterocycles. The highest BCUT2D eigenvalue weighted by Gasteiger charge is 1.89. The standard InChI is InChI=1S/C3H9PS/c1-4(2)5-3/h1-3H3/p+1. The minimum absolute atomic E-state index is 0.0427. The van der Waals surface area contributed by atoms with Crippen molar-refractivity contribution < 1.29 is 0 Å². The molecule has 0 fully saturated rings. The first kappa shape index (κ1) is 5.78. The van der Waals surface area contributed by atoms with E-state index in [0.717, 1.165) is 0 Å². The van der Waals surface area contributed by atoms with Crippen LogP contribution in [0.15, 0.2) is 0 Å². The molecule has 32 valence electrons. The summed E-state index contributed by atoms with van der Waals surface area (Å²) in [5.41, 5.74) is 0. The molecule has 2 heteroatoms. The summed E-state index contributed by atoms with van der Waals surface area (Å²) in [6, 6.07) is 0. The van der Waals surface area contributed by atoms with Gasteiger partial charge in [-0.15, -0.1) is 0 Å². The quantitative estimate of drug-likeness (QED) is 0.462. The molecule has 0 saturated heterocycles. The van der Waals surface area contributed by atoms with E-state index >= 15 is 0 Å². The van der Waals surface area contributed by atoms with Crippen LogP contribution >= 0.6 is 18.5 Å². The fourth-order valence-electron chi connectivity index (χ4n) is 0. The van der Waals surface area contributed by atoms with Gasteiger partial charge < -0.3 is 0 Å². The third-order valence-corrected chi connectivity index (χ3v) is 3.67. The number of hydrogen-bond donors (Lipinski definition) is 0. The van der Waals surface area contributed by atoms with Crippen LogP contribution in [-0.2, 0) is 0 Å². The Labute approximate surface area is 38.8 Å². The van der Waals surface area contributed by atoms with E-state index in [4.69, 9.17) is 0 Å². The fraction of sp³-hybridized carbons (Fsp3) is 1.00. The second-order valence-corrected chi connectivity index (χ2v) is 7.01. The van der Waals surface area contributed by atoms with Gasteiger partial charge in [-0.2, -0.15) is 0 Å². The molecular formula is C3H10PS+. The van der Waals surface area contributed by atoms with Gasteiger partial charge in [-0.25, -0.2) is 0 Å². The van der Waals surface area contributed by atoms with Crippen molar-refractivity contribution in [2.45, 2.75) is 0 Å². The topological polar surface area (TPSA) is 0 Å². The molecular weight excluding hydrogens is 99.1 g/mol. The van der Waals surface area contributed by atoms with E-state index in [1.54, 1.807) is 0 Å². The van der Waals surface area contributed by atoms with E-state index in [-0.39, 0.29) is 7.12 Å². The average molecular weight is 109 g/mol. The van der Waals surface area contributed by atoms with Gasteiger partial charge in [-0.1, -0.05) is 0 Å². The van der Waals surface area contributed by atoms with Crippen LogP contribution in [0.5, 0.6) is 0 Å². The van der Waals surface area contributed by atoms with Crippen molar-refractivity contribution in [1.82, 2.24) is 0 Å². The van der Waals surface area contributed by atoms with E-state index in [9.17, 15) is 0 Å². The number of rotatable bonds is 1. The Bertz CT molecular complexity index is 20.9. The Morgan fingerprint density at radius 1 is 1.40 bits per heavy atom. The highest BCUT2D eigenvalue weighted by Crippen LogP contribution is 2.38. The van der Waals surface area contributed by atoms with Crippen LogP contribution in [0.3, 0.4) is 0 Å². The van der Waals surface area contributed by atoms with E-state index in [1.165, 1.54) is 0 Å². The molecule has 5 heavy (non-hydrogen) atoms. The van der Waals surface area contributed by atoms with E-state index < -0.39 is 0 Å². The first-order chi connectivity index (χ1) is 2.27. The Morgan fingerprint density at radius 2 is 1.60 bits per heavy atom. The van der Waals surface area contributed by atoms with E-state index in [2.05, 4.69) is 19.6 Å². The molecule has 0 aliphatic carbocycles. The van der Waals surface area contributed by atoms with Crippen molar-refractivity contribution in [2.24, 2.45) is 0 Å². The second kappa shape index (κ2) is 2.99. The lowest BCUT2D eigenvalue weighted by molar-refractivity contribution is 2.29. The molecule has 0 saturated carbocycles. The summed E-state index contributed by atoms with van der Waals surface area (Å²) in [4.78, 5) is 0. The predicted molar refractivity (Wildman–Crippen MR) is 33.7 cm³/mol. The summed E-state index contributed by atoms with van der Waals surface area (Å²) in [5.74, 6) is 0. The van der Waals surface area contributed by atoms with Crippen LogP contribution in [0.25, 0.3) is 0 Å². The molecule has 0 N–H and O–H groups in total. The Morgan fingerprint density at radius 3 is 1.60 bits per heavy atom. The highest BCUT2D eigenvalue weighted by atomic mass is 32.7. The van der Waals surface area contributed by atoms with E-state index in [0.29, 0.717) is 0 Å². The molecule has 0 aromatic rings. The molecule has 0 aromatic carbocycles. The lowest BCUT2D eigenvalue weighted by Crippen LogP contribution is -1.47. The van der Waals surface area contributed by atoms with E-state index in [1.807, 2.05) is 11.4 Å². The fourth-order valence-corrected chi connectivity index (χ4v) is 0. The summed E-state index contributed by atoms with van der Waals surface area (Å²) in [6.45, 7) is 4.57. The van der Waals surface area contributed by atoms with Crippen LogP contribution in [0.1, 0.15) is 0 Å². The zero-order valence-corrected chi connectivity index (χ0v) is 5.72. The van der Waals surface area contributed by atoms with Crippen LogP contribution in [0.4, 0.5) is 0 Å². The van der Waals surface area contributed by atoms with Gasteiger partial charge in [0, 0.05) is 17.6 Å². The monoisotopic (exact) mass is 109 g/mol. The maximum absolute atomic E-state index is 2.29. The van der Waals surface area contributed by atoms with Crippen LogP contribution < -0.4 is 0 Å². The molecule has 0 rings (SSSR count). The zero-order valence-electron chi connectivity index (χ0n) is 3.91. The molecule has 0 spiro atoms. The highest BCUT2D eigenvalue weighted by molar-refractivity contribution is 8.55. The molecule has 0 nitrogen and oxygen atoms in total. The second-order valence-electron chi connectivity index (χ2n) is 1.11. The van der Waals surface area contributed by atoms with Crippen molar-refractivity contribution >= 4 is 18.5 Å². The zero-order chi connectivity index (χ0) is 4.28. The van der Waals surface area contributed by atoms with Gasteiger partial charge in [-0.05, 0) is 0 Å². The minimum atomic E-state index is 0.0427. The normalized spacial score (nSPS) is 9.60. The van der Waals surface area contributed by atoms with Crippen molar-refractivity contribution in [3.63, 3.8) is 0 Å². The van der Waals surface area contributed by atoms with Crippen molar-refractivity contribution in [3.8, 4) is 0 Å². The molecule has 0 heterocycles. The first-order valence-electron chi connectivity index (χ1n) is 1.61. The van der Waals surface area contributed by atoms with Gasteiger partial charge in [0.2, 0.25) is 0 Å². The first-order valence-corrected chi connectivity index (χ1v) is 6.06. The molecule has 0 atom stereocenters. The smallest absolute Gasteiger partial charge is 0.0101 e. The molecule has 0 radical (unpaired) electrons. The largest absolute Gasteiger partial charge is 0.0567 e. The average Bonchev–Trinajstić information content (AvgIpc) is 1.38. The summed E-state index contributed by atoms with van der Waals surface area (Å²) in [5, 5.41) is 0. The SMILES string of the molecule is CS[PH+](C)C. The van der Waals surface area contributed by atoms with Crippen molar-refractivity contribution in [3.05, 3.63) is 0 Å². The summed E-state index contributed by atoms with van der Waals surface area (Å²) in [6.07, 6.45) is 2.16. The van der Waals surface area contributed by atoms with Crippen LogP contribution in [-0.4, -0.2) is 19.6 Å². The van der Waals surface area contributed by atoms with Crippen LogP contribution in [0, 0.1) is 0 Å². The third kappa shape index (κ3) is 4.78. The Hall–Kier alpha value is 0.780. The van der Waals surface area contributed by atoms with Crippen LogP contribution in [0.2, 0.25) is 0 Å². The molecule has 0 aliphatic rings. The summed E-state index contributed by atoms with van der Waals surface area (Å²) >= 11 is 1.98. The maximum Gasteiger partial charge on any atom is 0.0567 e.